The number of aliphatic hydroxyl groups is 2. The molecule has 0 spiro atoms. The number of halogens is 6. The van der Waals surface area contributed by atoms with Crippen LogP contribution in [0, 0.1) is 0 Å². The topological polar surface area (TPSA) is 77.8 Å². The van der Waals surface area contributed by atoms with Crippen molar-refractivity contribution < 1.29 is 46.1 Å². The molecule has 12 heteroatoms. The lowest BCUT2D eigenvalue weighted by atomic mass is 10.1. The van der Waals surface area contributed by atoms with Crippen LogP contribution in [-0.4, -0.2) is 40.7 Å². The Morgan fingerprint density at radius 3 is 1.53 bits per heavy atom. The fourth-order valence-electron chi connectivity index (χ4n) is 3.12. The first kappa shape index (κ1) is 25.2. The van der Waals surface area contributed by atoms with Crippen LogP contribution in [0.15, 0.2) is 58.3 Å². The van der Waals surface area contributed by atoms with Gasteiger partial charge in [-0.3, -0.25) is 9.59 Å². The molecule has 34 heavy (non-hydrogen) atoms. The molecule has 1 aliphatic heterocycles. The van der Waals surface area contributed by atoms with Gasteiger partial charge in [0.05, 0.1) is 11.4 Å². The number of anilines is 2. The average Bonchev–Trinajstić information content (AvgIpc) is 2.75. The molecule has 0 atom stereocenters. The number of benzene rings is 2. The zero-order chi connectivity index (χ0) is 25.4. The largest absolute Gasteiger partial charge is 0.507 e. The second kappa shape index (κ2) is 9.09. The van der Waals surface area contributed by atoms with Crippen molar-refractivity contribution in [2.24, 2.45) is 0 Å². The Morgan fingerprint density at radius 1 is 0.824 bits per heavy atom. The van der Waals surface area contributed by atoms with Gasteiger partial charge in [0.25, 0.3) is 11.6 Å². The Hall–Kier alpha value is -3.41. The van der Waals surface area contributed by atoms with E-state index in [2.05, 4.69) is 0 Å². The molecule has 0 saturated heterocycles. The van der Waals surface area contributed by atoms with Crippen molar-refractivity contribution in [3.05, 3.63) is 59.7 Å². The lowest BCUT2D eigenvalue weighted by molar-refractivity contribution is -0.165. The number of nitrogens with zero attached hydrogens (tertiary/aromatic N) is 1. The van der Waals surface area contributed by atoms with E-state index in [1.165, 1.54) is 24.3 Å². The monoisotopic (exact) mass is 503 g/mol. The van der Waals surface area contributed by atoms with Crippen molar-refractivity contribution >= 4 is 46.2 Å². The lowest BCUT2D eigenvalue weighted by Gasteiger charge is -2.32. The van der Waals surface area contributed by atoms with Crippen molar-refractivity contribution in [2.75, 3.05) is 11.4 Å². The SMILES string of the molecule is CCN1c2ccc(C(O)=CC(=O)C(F)(F)F)cc2Sc2cc(C(O)=CC(=O)C(F)(F)F)ccc21. The molecule has 0 amide bonds. The van der Waals surface area contributed by atoms with E-state index in [0.717, 1.165) is 11.8 Å². The van der Waals surface area contributed by atoms with E-state index in [4.69, 9.17) is 0 Å². The number of allylic oxidation sites excluding steroid dienone is 2. The zero-order valence-corrected chi connectivity index (χ0v) is 18.0. The lowest BCUT2D eigenvalue weighted by Crippen LogP contribution is -2.21. The van der Waals surface area contributed by atoms with E-state index >= 15 is 0 Å². The molecule has 2 aromatic carbocycles. The quantitative estimate of drug-likeness (QED) is 0.281. The van der Waals surface area contributed by atoms with Crippen LogP contribution in [0.3, 0.4) is 0 Å². The first-order chi connectivity index (χ1) is 15.7. The van der Waals surface area contributed by atoms with Crippen LogP contribution in [-0.2, 0) is 9.59 Å². The Kier molecular flexibility index (Phi) is 6.74. The number of hydrogen-bond donors (Lipinski definition) is 2. The molecule has 0 saturated carbocycles. The van der Waals surface area contributed by atoms with Crippen molar-refractivity contribution in [3.63, 3.8) is 0 Å². The first-order valence-corrected chi connectivity index (χ1v) is 10.3. The standard InChI is InChI=1S/C22H15F6NO4S/c1-2-29-13-5-3-11(15(30)9-19(32)21(23,24)25)7-17(13)34-18-8-12(4-6-14(18)29)16(31)10-20(33)22(26,27)28/h3-10,30-31H,2H2,1H3. The van der Waals surface area contributed by atoms with E-state index in [0.29, 0.717) is 27.7 Å². The number of carbonyl (C=O) groups is 2. The van der Waals surface area contributed by atoms with Gasteiger partial charge in [0.2, 0.25) is 0 Å². The summed E-state index contributed by atoms with van der Waals surface area (Å²) < 4.78 is 74.9. The van der Waals surface area contributed by atoms with Crippen LogP contribution in [0.5, 0.6) is 0 Å². The third kappa shape index (κ3) is 5.22. The van der Waals surface area contributed by atoms with E-state index in [1.807, 2.05) is 6.92 Å². The molecule has 3 rings (SSSR count). The van der Waals surface area contributed by atoms with E-state index in [9.17, 15) is 46.1 Å². The maximum Gasteiger partial charge on any atom is 0.454 e. The van der Waals surface area contributed by atoms with Crippen LogP contribution in [0.25, 0.3) is 11.5 Å². The molecule has 0 radical (unpaired) electrons. The van der Waals surface area contributed by atoms with Gasteiger partial charge in [-0.15, -0.1) is 0 Å². The zero-order valence-electron chi connectivity index (χ0n) is 17.2. The highest BCUT2D eigenvalue weighted by atomic mass is 32.2. The Morgan fingerprint density at radius 2 is 1.21 bits per heavy atom. The summed E-state index contributed by atoms with van der Waals surface area (Å²) in [5.41, 5.74) is 1.16. The number of hydrogen-bond acceptors (Lipinski definition) is 6. The van der Waals surface area contributed by atoms with Crippen LogP contribution < -0.4 is 4.90 Å². The van der Waals surface area contributed by atoms with Gasteiger partial charge < -0.3 is 15.1 Å². The summed E-state index contributed by atoms with van der Waals surface area (Å²) in [6.07, 6.45) is -10.2. The summed E-state index contributed by atoms with van der Waals surface area (Å²) in [6, 6.07) is 8.48. The summed E-state index contributed by atoms with van der Waals surface area (Å²) in [4.78, 5) is 25.0. The summed E-state index contributed by atoms with van der Waals surface area (Å²) in [7, 11) is 0. The Labute approximate surface area is 193 Å². The van der Waals surface area contributed by atoms with Crippen molar-refractivity contribution in [3.8, 4) is 0 Å². The van der Waals surface area contributed by atoms with Crippen LogP contribution in [0.4, 0.5) is 37.7 Å². The highest BCUT2D eigenvalue weighted by Gasteiger charge is 2.38. The molecule has 5 nitrogen and oxygen atoms in total. The second-order valence-corrected chi connectivity index (χ2v) is 8.08. The molecule has 0 unspecified atom stereocenters. The minimum atomic E-state index is -5.14. The van der Waals surface area contributed by atoms with E-state index in [1.54, 1.807) is 17.0 Å². The highest BCUT2D eigenvalue weighted by molar-refractivity contribution is 7.99. The molecule has 0 aliphatic carbocycles. The van der Waals surface area contributed by atoms with Gasteiger partial charge in [-0.25, -0.2) is 0 Å². The molecule has 0 fully saturated rings. The molecule has 1 heterocycles. The smallest absolute Gasteiger partial charge is 0.454 e. The summed E-state index contributed by atoms with van der Waals surface area (Å²) in [6.45, 7) is 2.24. The Balaban J connectivity index is 1.99. The number of carbonyl (C=O) groups excluding carboxylic acids is 2. The van der Waals surface area contributed by atoms with Gasteiger partial charge in [0.15, 0.2) is 0 Å². The number of alkyl halides is 6. The fraction of sp³-hybridized carbons (Fsp3) is 0.182. The summed E-state index contributed by atoms with van der Waals surface area (Å²) in [5.74, 6) is -6.23. The van der Waals surface area contributed by atoms with Crippen LogP contribution >= 0.6 is 11.8 Å². The maximum atomic E-state index is 12.5. The first-order valence-electron chi connectivity index (χ1n) is 9.50. The van der Waals surface area contributed by atoms with Gasteiger partial charge in [0, 0.05) is 39.6 Å². The predicted molar refractivity (Wildman–Crippen MR) is 113 cm³/mol. The maximum absolute atomic E-state index is 12.5. The molecular weight excluding hydrogens is 488 g/mol. The van der Waals surface area contributed by atoms with Crippen LogP contribution in [0.2, 0.25) is 0 Å². The van der Waals surface area contributed by atoms with Crippen molar-refractivity contribution in [1.82, 2.24) is 0 Å². The molecule has 180 valence electrons. The summed E-state index contributed by atoms with van der Waals surface area (Å²) >= 11 is 1.08. The third-order valence-corrected chi connectivity index (χ3v) is 5.82. The average molecular weight is 503 g/mol. The molecule has 0 bridgehead atoms. The number of ketones is 2. The molecule has 1 aliphatic rings. The molecule has 2 aromatic rings. The van der Waals surface area contributed by atoms with Gasteiger partial charge in [0.1, 0.15) is 11.5 Å². The number of fused-ring (bicyclic) bond motifs is 2. The minimum absolute atomic E-state index is 0.0574. The third-order valence-electron chi connectivity index (χ3n) is 4.72. The van der Waals surface area contributed by atoms with Crippen molar-refractivity contribution in [1.29, 1.82) is 0 Å². The minimum Gasteiger partial charge on any atom is -0.507 e. The van der Waals surface area contributed by atoms with Gasteiger partial charge >= 0.3 is 12.4 Å². The van der Waals surface area contributed by atoms with Gasteiger partial charge in [-0.05, 0) is 43.3 Å². The second-order valence-electron chi connectivity index (χ2n) is 6.99. The normalized spacial score (nSPS) is 14.5. The Bertz CT molecular complexity index is 1130. The predicted octanol–water partition coefficient (Wildman–Crippen LogP) is 6.37. The number of aliphatic hydroxyl groups excluding tert-OH is 2. The summed E-state index contributed by atoms with van der Waals surface area (Å²) in [5, 5.41) is 20.0. The van der Waals surface area contributed by atoms with Crippen molar-refractivity contribution in [2.45, 2.75) is 29.1 Å². The van der Waals surface area contributed by atoms with Crippen LogP contribution in [0.1, 0.15) is 18.1 Å². The highest BCUT2D eigenvalue weighted by Crippen LogP contribution is 2.49. The van der Waals surface area contributed by atoms with E-state index < -0.39 is 35.4 Å². The molecular formula is C22H15F6NO4S. The fourth-order valence-corrected chi connectivity index (χ4v) is 4.30. The molecule has 2 N–H and O–H groups in total. The van der Waals surface area contributed by atoms with Gasteiger partial charge in [-0.2, -0.15) is 26.3 Å². The van der Waals surface area contributed by atoms with E-state index in [-0.39, 0.29) is 23.3 Å². The molecule has 0 aromatic heterocycles. The number of rotatable bonds is 5. The van der Waals surface area contributed by atoms with Gasteiger partial charge in [-0.1, -0.05) is 11.8 Å².